The van der Waals surface area contributed by atoms with E-state index < -0.39 is 32.1 Å². The molecule has 0 bridgehead atoms. The van der Waals surface area contributed by atoms with Crippen LogP contribution >= 0.6 is 0 Å². The van der Waals surface area contributed by atoms with Crippen molar-refractivity contribution in [3.63, 3.8) is 0 Å². The van der Waals surface area contributed by atoms with Gasteiger partial charge in [-0.25, -0.2) is 4.79 Å². The molecule has 1 aliphatic heterocycles. The minimum absolute atomic E-state index is 0.450. The average Bonchev–Trinajstić information content (AvgIpc) is 2.38. The number of ether oxygens (including phenoxy) is 1. The quantitative estimate of drug-likeness (QED) is 0.549. The number of aliphatic hydroxyl groups is 2. The fourth-order valence-corrected chi connectivity index (χ4v) is 5.08. The fraction of sp³-hybridized carbons (Fsp3) is 0.909. The van der Waals surface area contributed by atoms with Gasteiger partial charge in [-0.2, -0.15) is 0 Å². The second kappa shape index (κ2) is 4.59. The normalized spacial score (nSPS) is 24.2. The summed E-state index contributed by atoms with van der Waals surface area (Å²) >= 11 is 0. The lowest BCUT2D eigenvalue weighted by molar-refractivity contribution is -0.0887. The van der Waals surface area contributed by atoms with E-state index in [2.05, 4.69) is 13.1 Å². The smallest absolute Gasteiger partial charge is 0.410 e. The summed E-state index contributed by atoms with van der Waals surface area (Å²) in [5.74, 6) is 0. The molecule has 1 atom stereocenters. The van der Waals surface area contributed by atoms with Gasteiger partial charge < -0.3 is 19.8 Å². The number of hydrogen-bond acceptors (Lipinski definition) is 4. The second-order valence-electron chi connectivity index (χ2n) is 6.46. The van der Waals surface area contributed by atoms with Crippen molar-refractivity contribution in [1.82, 2.24) is 4.90 Å². The molecular formula is C11H23NO4Si. The van der Waals surface area contributed by atoms with Crippen molar-refractivity contribution in [3.8, 4) is 0 Å². The maximum absolute atomic E-state index is 12.0. The van der Waals surface area contributed by atoms with Gasteiger partial charge in [0.25, 0.3) is 0 Å². The zero-order valence-corrected chi connectivity index (χ0v) is 12.2. The lowest BCUT2D eigenvalue weighted by Gasteiger charge is -2.29. The van der Waals surface area contributed by atoms with Crippen LogP contribution in [0.1, 0.15) is 20.8 Å². The predicted octanol–water partition coefficient (Wildman–Crippen LogP) is 1.16. The standard InChI is InChI=1S/C11H23NO4Si/c1-11(2,3)16-10(15)12-7-17(4,5)6-8(12)9(13)14/h8-9,13-14H,6-7H2,1-5H3. The Balaban J connectivity index is 2.77. The zero-order valence-electron chi connectivity index (χ0n) is 11.2. The van der Waals surface area contributed by atoms with Crippen molar-refractivity contribution < 1.29 is 19.7 Å². The van der Waals surface area contributed by atoms with Crippen LogP contribution in [-0.4, -0.2) is 53.4 Å². The molecule has 0 spiro atoms. The Kier molecular flexibility index (Phi) is 3.90. The third-order valence-corrected chi connectivity index (χ3v) is 5.45. The molecule has 6 heteroatoms. The van der Waals surface area contributed by atoms with Crippen LogP contribution in [0.4, 0.5) is 4.79 Å². The van der Waals surface area contributed by atoms with Crippen LogP contribution in [0.15, 0.2) is 0 Å². The van der Waals surface area contributed by atoms with Crippen LogP contribution in [0.25, 0.3) is 0 Å². The summed E-state index contributed by atoms with van der Waals surface area (Å²) in [7, 11) is -1.56. The van der Waals surface area contributed by atoms with E-state index in [4.69, 9.17) is 4.74 Å². The number of hydrogen-bond donors (Lipinski definition) is 2. The Bertz CT molecular complexity index is 298. The van der Waals surface area contributed by atoms with E-state index in [1.165, 1.54) is 4.90 Å². The summed E-state index contributed by atoms with van der Waals surface area (Å²) in [5, 5.41) is 18.7. The van der Waals surface area contributed by atoms with Crippen molar-refractivity contribution in [3.05, 3.63) is 0 Å². The highest BCUT2D eigenvalue weighted by Gasteiger charge is 2.45. The first-order chi connectivity index (χ1) is 7.52. The molecule has 0 aromatic rings. The summed E-state index contributed by atoms with van der Waals surface area (Å²) in [6.07, 6.45) is -1.32. The van der Waals surface area contributed by atoms with E-state index in [0.717, 1.165) is 0 Å². The first-order valence-corrected chi connectivity index (χ1v) is 9.29. The summed E-state index contributed by atoms with van der Waals surface area (Å²) < 4.78 is 5.28. The van der Waals surface area contributed by atoms with Crippen molar-refractivity contribution in [2.75, 3.05) is 6.17 Å². The van der Waals surface area contributed by atoms with Gasteiger partial charge in [0.1, 0.15) is 5.60 Å². The summed E-state index contributed by atoms with van der Waals surface area (Å²) in [5.41, 5.74) is -0.559. The van der Waals surface area contributed by atoms with Crippen LogP contribution in [0.3, 0.4) is 0 Å². The molecule has 0 aromatic heterocycles. The van der Waals surface area contributed by atoms with Gasteiger partial charge >= 0.3 is 6.09 Å². The molecule has 0 radical (unpaired) electrons. The van der Waals surface area contributed by atoms with E-state index in [-0.39, 0.29) is 0 Å². The zero-order chi connectivity index (χ0) is 13.4. The van der Waals surface area contributed by atoms with E-state index in [0.29, 0.717) is 12.2 Å². The second-order valence-corrected chi connectivity index (χ2v) is 11.5. The van der Waals surface area contributed by atoms with Crippen molar-refractivity contribution >= 4 is 14.2 Å². The lowest BCUT2D eigenvalue weighted by atomic mass is 10.2. The highest BCUT2D eigenvalue weighted by molar-refractivity contribution is 6.78. The molecule has 1 amide bonds. The molecule has 1 saturated heterocycles. The topological polar surface area (TPSA) is 70.0 Å². The van der Waals surface area contributed by atoms with Crippen LogP contribution in [0.5, 0.6) is 0 Å². The number of amides is 1. The third-order valence-electron chi connectivity index (χ3n) is 2.73. The lowest BCUT2D eigenvalue weighted by Crippen LogP contribution is -2.45. The molecule has 0 saturated carbocycles. The summed E-state index contributed by atoms with van der Waals surface area (Å²) in [4.78, 5) is 13.4. The Hall–Kier alpha value is -0.593. The molecule has 1 unspecified atom stereocenters. The minimum Gasteiger partial charge on any atom is -0.444 e. The third kappa shape index (κ3) is 3.97. The van der Waals surface area contributed by atoms with Crippen LogP contribution < -0.4 is 0 Å². The molecule has 17 heavy (non-hydrogen) atoms. The Morgan fingerprint density at radius 3 is 2.35 bits per heavy atom. The highest BCUT2D eigenvalue weighted by Crippen LogP contribution is 2.29. The van der Waals surface area contributed by atoms with Crippen molar-refractivity contribution in [2.24, 2.45) is 0 Å². The molecule has 0 aromatic carbocycles. The summed E-state index contributed by atoms with van der Waals surface area (Å²) in [6.45, 7) is 9.66. The van der Waals surface area contributed by atoms with E-state index in [9.17, 15) is 15.0 Å². The molecule has 2 N–H and O–H groups in total. The molecular weight excluding hydrogens is 238 g/mol. The van der Waals surface area contributed by atoms with E-state index in [1.807, 2.05) is 0 Å². The number of rotatable bonds is 1. The monoisotopic (exact) mass is 261 g/mol. The first kappa shape index (κ1) is 14.5. The minimum atomic E-state index is -1.56. The Morgan fingerprint density at radius 1 is 1.41 bits per heavy atom. The molecule has 0 aliphatic carbocycles. The van der Waals surface area contributed by atoms with Crippen LogP contribution in [-0.2, 0) is 4.74 Å². The number of carbonyl (C=O) groups is 1. The van der Waals surface area contributed by atoms with Crippen LogP contribution in [0, 0.1) is 0 Å². The first-order valence-electron chi connectivity index (χ1n) is 5.88. The molecule has 100 valence electrons. The van der Waals surface area contributed by atoms with E-state index in [1.54, 1.807) is 20.8 Å². The van der Waals surface area contributed by atoms with Crippen molar-refractivity contribution in [2.45, 2.75) is 57.8 Å². The molecule has 1 aliphatic rings. The molecule has 1 heterocycles. The van der Waals surface area contributed by atoms with Gasteiger partial charge in [-0.3, -0.25) is 0 Å². The highest BCUT2D eigenvalue weighted by atomic mass is 28.3. The molecule has 1 fully saturated rings. The largest absolute Gasteiger partial charge is 0.444 e. The number of carbonyl (C=O) groups excluding carboxylic acids is 1. The Labute approximate surface area is 103 Å². The maximum atomic E-state index is 12.0. The van der Waals surface area contributed by atoms with Gasteiger partial charge in [0, 0.05) is 6.17 Å². The Morgan fingerprint density at radius 2 is 1.94 bits per heavy atom. The maximum Gasteiger partial charge on any atom is 0.410 e. The van der Waals surface area contributed by atoms with E-state index >= 15 is 0 Å². The van der Waals surface area contributed by atoms with Gasteiger partial charge in [0.05, 0.1) is 14.1 Å². The molecule has 1 rings (SSSR count). The van der Waals surface area contributed by atoms with Gasteiger partial charge in [-0.05, 0) is 26.8 Å². The number of nitrogens with zero attached hydrogens (tertiary/aromatic N) is 1. The van der Waals surface area contributed by atoms with Crippen LogP contribution in [0.2, 0.25) is 19.1 Å². The fourth-order valence-electron chi connectivity index (χ4n) is 2.11. The van der Waals surface area contributed by atoms with Gasteiger partial charge in [0.15, 0.2) is 6.29 Å². The summed E-state index contributed by atoms with van der Waals surface area (Å²) in [6, 6.07) is 0.177. The van der Waals surface area contributed by atoms with Crippen molar-refractivity contribution in [1.29, 1.82) is 0 Å². The predicted molar refractivity (Wildman–Crippen MR) is 67.2 cm³/mol. The van der Waals surface area contributed by atoms with Gasteiger partial charge in [-0.1, -0.05) is 13.1 Å². The SMILES string of the molecule is CC(C)(C)OC(=O)N1C[Si](C)(C)CC1C(O)O. The average molecular weight is 261 g/mol. The molecule has 5 nitrogen and oxygen atoms in total. The van der Waals surface area contributed by atoms with Gasteiger partial charge in [0.2, 0.25) is 0 Å². The number of aliphatic hydroxyl groups excluding tert-OH is 1. The van der Waals surface area contributed by atoms with Gasteiger partial charge in [-0.15, -0.1) is 0 Å².